The van der Waals surface area contributed by atoms with E-state index < -0.39 is 24.1 Å². The second-order valence-corrected chi connectivity index (χ2v) is 6.16. The molecular weight excluding hydrogens is 356 g/mol. The van der Waals surface area contributed by atoms with Crippen molar-refractivity contribution >= 4 is 11.9 Å². The van der Waals surface area contributed by atoms with Gasteiger partial charge in [-0.1, -0.05) is 24.3 Å². The van der Waals surface area contributed by atoms with Gasteiger partial charge in [0, 0.05) is 0 Å². The first-order valence-corrected chi connectivity index (χ1v) is 8.02. The number of benzene rings is 2. The van der Waals surface area contributed by atoms with E-state index in [0.29, 0.717) is 16.7 Å². The first kappa shape index (κ1) is 18.3. The molecule has 3 rings (SSSR count). The maximum absolute atomic E-state index is 12.9. The Morgan fingerprint density at radius 2 is 1.78 bits per heavy atom. The fourth-order valence-corrected chi connectivity index (χ4v) is 2.87. The summed E-state index contributed by atoms with van der Waals surface area (Å²) in [7, 11) is 0. The van der Waals surface area contributed by atoms with Crippen molar-refractivity contribution < 1.29 is 23.1 Å². The molecule has 1 fully saturated rings. The first-order chi connectivity index (χ1) is 12.8. The third-order valence-electron chi connectivity index (χ3n) is 4.36. The van der Waals surface area contributed by atoms with Crippen LogP contribution in [-0.4, -0.2) is 23.4 Å². The molecule has 138 valence electrons. The van der Waals surface area contributed by atoms with Gasteiger partial charge in [0.25, 0.3) is 5.91 Å². The standard InChI is InChI=1S/C19H15F2N3O3/c1-19(14-6-2-12(10-22)3-7-14)16(25)24(18(26)23-19)11-13-4-8-15(9-5-13)27-17(20)21/h2-9,17H,11H2,1H3,(H,23,26). The Labute approximate surface area is 154 Å². The SMILES string of the molecule is CC1(c2ccc(C#N)cc2)NC(=O)N(Cc2ccc(OC(F)F)cc2)C1=O. The average molecular weight is 371 g/mol. The fourth-order valence-electron chi connectivity index (χ4n) is 2.87. The van der Waals surface area contributed by atoms with Crippen LogP contribution in [0.2, 0.25) is 0 Å². The van der Waals surface area contributed by atoms with Gasteiger partial charge < -0.3 is 10.1 Å². The molecule has 8 heteroatoms. The van der Waals surface area contributed by atoms with E-state index in [4.69, 9.17) is 5.26 Å². The summed E-state index contributed by atoms with van der Waals surface area (Å²) in [5.41, 5.74) is 0.346. The summed E-state index contributed by atoms with van der Waals surface area (Å²) in [6.07, 6.45) is 0. The van der Waals surface area contributed by atoms with Crippen molar-refractivity contribution in [2.24, 2.45) is 0 Å². The van der Waals surface area contributed by atoms with Crippen LogP contribution in [0.25, 0.3) is 0 Å². The topological polar surface area (TPSA) is 82.4 Å². The number of rotatable bonds is 5. The fraction of sp³-hybridized carbons (Fsp3) is 0.211. The van der Waals surface area contributed by atoms with Gasteiger partial charge in [0.15, 0.2) is 0 Å². The minimum Gasteiger partial charge on any atom is -0.435 e. The molecule has 0 aliphatic carbocycles. The largest absolute Gasteiger partial charge is 0.435 e. The predicted molar refractivity (Wildman–Crippen MR) is 90.7 cm³/mol. The zero-order valence-corrected chi connectivity index (χ0v) is 14.3. The van der Waals surface area contributed by atoms with E-state index in [-0.39, 0.29) is 12.3 Å². The molecule has 2 aromatic carbocycles. The monoisotopic (exact) mass is 371 g/mol. The Morgan fingerprint density at radius 1 is 1.15 bits per heavy atom. The van der Waals surface area contributed by atoms with Gasteiger partial charge in [-0.2, -0.15) is 14.0 Å². The van der Waals surface area contributed by atoms with Crippen LogP contribution in [-0.2, 0) is 16.9 Å². The van der Waals surface area contributed by atoms with E-state index in [2.05, 4.69) is 10.1 Å². The maximum Gasteiger partial charge on any atom is 0.387 e. The third kappa shape index (κ3) is 3.58. The number of hydrogen-bond donors (Lipinski definition) is 1. The smallest absolute Gasteiger partial charge is 0.387 e. The van der Waals surface area contributed by atoms with Crippen LogP contribution in [0, 0.1) is 11.3 Å². The van der Waals surface area contributed by atoms with Crippen LogP contribution >= 0.6 is 0 Å². The van der Waals surface area contributed by atoms with Crippen molar-refractivity contribution in [3.63, 3.8) is 0 Å². The Bertz CT molecular complexity index is 907. The van der Waals surface area contributed by atoms with Crippen molar-refractivity contribution in [1.82, 2.24) is 10.2 Å². The highest BCUT2D eigenvalue weighted by Gasteiger charge is 2.48. The number of halogens is 2. The predicted octanol–water partition coefficient (Wildman–Crippen LogP) is 3.13. The molecule has 6 nitrogen and oxygen atoms in total. The van der Waals surface area contributed by atoms with Crippen molar-refractivity contribution in [2.75, 3.05) is 0 Å². The van der Waals surface area contributed by atoms with Gasteiger partial charge in [0.05, 0.1) is 18.2 Å². The quantitative estimate of drug-likeness (QED) is 0.819. The van der Waals surface area contributed by atoms with E-state index in [0.717, 1.165) is 4.90 Å². The van der Waals surface area contributed by atoms with Crippen molar-refractivity contribution in [1.29, 1.82) is 5.26 Å². The second-order valence-electron chi connectivity index (χ2n) is 6.16. The van der Waals surface area contributed by atoms with Gasteiger partial charge in [-0.25, -0.2) is 4.79 Å². The lowest BCUT2D eigenvalue weighted by Gasteiger charge is -2.22. The second kappa shape index (κ2) is 7.03. The molecule has 0 bridgehead atoms. The van der Waals surface area contributed by atoms with E-state index in [1.54, 1.807) is 31.2 Å². The van der Waals surface area contributed by atoms with Gasteiger partial charge in [-0.15, -0.1) is 0 Å². The number of hydrogen-bond acceptors (Lipinski definition) is 4. The number of imide groups is 1. The van der Waals surface area contributed by atoms with E-state index in [1.807, 2.05) is 6.07 Å². The number of carbonyl (C=O) groups is 2. The Morgan fingerprint density at radius 3 is 2.33 bits per heavy atom. The Kier molecular flexibility index (Phi) is 4.77. The highest BCUT2D eigenvalue weighted by Crippen LogP contribution is 2.30. The van der Waals surface area contributed by atoms with Crippen molar-refractivity contribution in [3.05, 3.63) is 65.2 Å². The van der Waals surface area contributed by atoms with Gasteiger partial charge >= 0.3 is 12.6 Å². The van der Waals surface area contributed by atoms with Crippen LogP contribution in [0.15, 0.2) is 48.5 Å². The molecular formula is C19H15F2N3O3. The highest BCUT2D eigenvalue weighted by atomic mass is 19.3. The molecule has 0 spiro atoms. The van der Waals surface area contributed by atoms with Crippen LogP contribution in [0.3, 0.4) is 0 Å². The Balaban J connectivity index is 1.78. The number of ether oxygens (including phenoxy) is 1. The summed E-state index contributed by atoms with van der Waals surface area (Å²) in [5.74, 6) is -0.446. The summed E-state index contributed by atoms with van der Waals surface area (Å²) in [6.45, 7) is -1.34. The molecule has 1 saturated heterocycles. The van der Waals surface area contributed by atoms with Crippen molar-refractivity contribution in [2.45, 2.75) is 25.6 Å². The van der Waals surface area contributed by atoms with E-state index >= 15 is 0 Å². The lowest BCUT2D eigenvalue weighted by molar-refractivity contribution is -0.131. The minimum atomic E-state index is -2.92. The molecule has 0 aromatic heterocycles. The molecule has 3 amide bonds. The molecule has 1 aliphatic heterocycles. The normalized spacial score (nSPS) is 19.1. The van der Waals surface area contributed by atoms with Crippen LogP contribution in [0.1, 0.15) is 23.6 Å². The number of nitrogens with zero attached hydrogens (tertiary/aromatic N) is 2. The average Bonchev–Trinajstić information content (AvgIpc) is 2.87. The zero-order chi connectivity index (χ0) is 19.6. The number of alkyl halides is 2. The molecule has 0 saturated carbocycles. The number of nitrogens with one attached hydrogen (secondary N) is 1. The van der Waals surface area contributed by atoms with Gasteiger partial charge in [-0.3, -0.25) is 9.69 Å². The summed E-state index contributed by atoms with van der Waals surface area (Å²) in [4.78, 5) is 26.3. The maximum atomic E-state index is 12.9. The lowest BCUT2D eigenvalue weighted by atomic mass is 9.91. The first-order valence-electron chi connectivity index (χ1n) is 8.02. The molecule has 27 heavy (non-hydrogen) atoms. The van der Waals surface area contributed by atoms with Gasteiger partial charge in [0.1, 0.15) is 11.3 Å². The molecule has 1 atom stereocenters. The summed E-state index contributed by atoms with van der Waals surface area (Å²) < 4.78 is 28.7. The summed E-state index contributed by atoms with van der Waals surface area (Å²) in [6, 6.07) is 13.5. The number of urea groups is 1. The number of nitriles is 1. The van der Waals surface area contributed by atoms with Gasteiger partial charge in [0.2, 0.25) is 0 Å². The molecule has 1 heterocycles. The minimum absolute atomic E-state index is 0.00614. The van der Waals surface area contributed by atoms with E-state index in [1.165, 1.54) is 24.3 Å². The molecule has 2 aromatic rings. The summed E-state index contributed by atoms with van der Waals surface area (Å²) in [5, 5.41) is 11.6. The lowest BCUT2D eigenvalue weighted by Crippen LogP contribution is -2.40. The molecule has 0 radical (unpaired) electrons. The van der Waals surface area contributed by atoms with Crippen molar-refractivity contribution in [3.8, 4) is 11.8 Å². The number of amides is 3. The zero-order valence-electron chi connectivity index (χ0n) is 14.3. The summed E-state index contributed by atoms with van der Waals surface area (Å²) >= 11 is 0. The Hall–Kier alpha value is -3.47. The van der Waals surface area contributed by atoms with Crippen LogP contribution in [0.5, 0.6) is 5.75 Å². The van der Waals surface area contributed by atoms with Crippen LogP contribution < -0.4 is 10.1 Å². The number of carbonyl (C=O) groups excluding carboxylic acids is 2. The van der Waals surface area contributed by atoms with Gasteiger partial charge in [-0.05, 0) is 42.3 Å². The van der Waals surface area contributed by atoms with Crippen LogP contribution in [0.4, 0.5) is 13.6 Å². The molecule has 1 N–H and O–H groups in total. The molecule has 1 unspecified atom stereocenters. The molecule has 1 aliphatic rings. The highest BCUT2D eigenvalue weighted by molar-refractivity contribution is 6.07. The van der Waals surface area contributed by atoms with E-state index in [9.17, 15) is 18.4 Å². The third-order valence-corrected chi connectivity index (χ3v) is 4.36.